The van der Waals surface area contributed by atoms with Crippen LogP contribution in [0.1, 0.15) is 39.5 Å². The normalized spacial score (nSPS) is 20.3. The smallest absolute Gasteiger partial charge is 0.239 e. The van der Waals surface area contributed by atoms with Crippen LogP contribution in [0, 0.1) is 17.6 Å². The van der Waals surface area contributed by atoms with Crippen molar-refractivity contribution >= 4 is 23.2 Å². The summed E-state index contributed by atoms with van der Waals surface area (Å²) in [6, 6.07) is 1.96. The minimum Gasteiger partial charge on any atom is -0.374 e. The number of hydrogen-bond acceptors (Lipinski definition) is 3. The number of carbonyl (C=O) groups is 2. The highest BCUT2D eigenvalue weighted by Crippen LogP contribution is 2.26. The van der Waals surface area contributed by atoms with Gasteiger partial charge in [-0.3, -0.25) is 9.59 Å². The molecule has 5 nitrogen and oxygen atoms in total. The summed E-state index contributed by atoms with van der Waals surface area (Å²) in [6.07, 6.45) is 4.32. The lowest BCUT2D eigenvalue weighted by Gasteiger charge is -2.29. The van der Waals surface area contributed by atoms with Gasteiger partial charge in [0.25, 0.3) is 0 Å². The number of benzene rings is 1. The van der Waals surface area contributed by atoms with Gasteiger partial charge >= 0.3 is 0 Å². The second-order valence-corrected chi connectivity index (χ2v) is 6.28. The molecule has 24 heavy (non-hydrogen) atoms. The van der Waals surface area contributed by atoms with Crippen molar-refractivity contribution in [2.24, 2.45) is 5.92 Å². The summed E-state index contributed by atoms with van der Waals surface area (Å²) in [6.45, 7) is 3.30. The summed E-state index contributed by atoms with van der Waals surface area (Å²) in [5.41, 5.74) is 0.260. The van der Waals surface area contributed by atoms with Gasteiger partial charge in [-0.2, -0.15) is 0 Å². The number of hydrogen-bond donors (Lipinski definition) is 3. The van der Waals surface area contributed by atoms with Crippen molar-refractivity contribution in [3.05, 3.63) is 23.8 Å². The highest BCUT2D eigenvalue weighted by atomic mass is 19.2. The van der Waals surface area contributed by atoms with Crippen LogP contribution >= 0.6 is 0 Å². The molecule has 0 aromatic heterocycles. The van der Waals surface area contributed by atoms with Crippen molar-refractivity contribution in [2.75, 3.05) is 17.2 Å². The molecule has 0 spiro atoms. The van der Waals surface area contributed by atoms with E-state index in [4.69, 9.17) is 0 Å². The van der Waals surface area contributed by atoms with Crippen LogP contribution in [-0.4, -0.2) is 24.4 Å². The lowest BCUT2D eigenvalue weighted by molar-refractivity contribution is -0.120. The summed E-state index contributed by atoms with van der Waals surface area (Å²) >= 11 is 0. The van der Waals surface area contributed by atoms with Crippen LogP contribution in [0.2, 0.25) is 0 Å². The maximum atomic E-state index is 13.4. The molecule has 0 unspecified atom stereocenters. The van der Waals surface area contributed by atoms with Gasteiger partial charge in [0.2, 0.25) is 11.8 Å². The average Bonchev–Trinajstić information content (AvgIpc) is 2.51. The molecule has 1 aromatic carbocycles. The largest absolute Gasteiger partial charge is 0.374 e. The van der Waals surface area contributed by atoms with Gasteiger partial charge in [-0.05, 0) is 18.8 Å². The Morgan fingerprint density at radius 1 is 1.12 bits per heavy atom. The molecule has 1 aliphatic rings. The molecule has 0 saturated heterocycles. The van der Waals surface area contributed by atoms with Crippen molar-refractivity contribution in [2.45, 2.75) is 45.6 Å². The highest BCUT2D eigenvalue weighted by molar-refractivity contribution is 5.93. The van der Waals surface area contributed by atoms with Gasteiger partial charge in [-0.25, -0.2) is 8.78 Å². The number of anilines is 2. The molecule has 2 rings (SSSR count). The van der Waals surface area contributed by atoms with Gasteiger partial charge in [0.05, 0.1) is 17.9 Å². The lowest BCUT2D eigenvalue weighted by atomic mass is 9.86. The predicted octanol–water partition coefficient (Wildman–Crippen LogP) is 3.03. The Bertz CT molecular complexity index is 622. The van der Waals surface area contributed by atoms with E-state index < -0.39 is 17.5 Å². The summed E-state index contributed by atoms with van der Waals surface area (Å²) in [5, 5.41) is 8.14. The van der Waals surface area contributed by atoms with Crippen molar-refractivity contribution in [3.63, 3.8) is 0 Å². The van der Waals surface area contributed by atoms with Crippen molar-refractivity contribution < 1.29 is 18.4 Å². The molecule has 132 valence electrons. The van der Waals surface area contributed by atoms with Gasteiger partial charge in [0.15, 0.2) is 11.6 Å². The van der Waals surface area contributed by atoms with E-state index in [1.54, 1.807) is 0 Å². The molecule has 0 heterocycles. The van der Waals surface area contributed by atoms with Crippen LogP contribution in [0.3, 0.4) is 0 Å². The first-order chi connectivity index (χ1) is 11.4. The molecular weight excluding hydrogens is 316 g/mol. The van der Waals surface area contributed by atoms with Gasteiger partial charge in [-0.15, -0.1) is 0 Å². The molecule has 7 heteroatoms. The quantitative estimate of drug-likeness (QED) is 0.772. The molecule has 0 radical (unpaired) electrons. The molecule has 1 aliphatic carbocycles. The Balaban J connectivity index is 1.98. The minimum atomic E-state index is -1.07. The zero-order valence-corrected chi connectivity index (χ0v) is 13.9. The van der Waals surface area contributed by atoms with Gasteiger partial charge in [0, 0.05) is 25.1 Å². The monoisotopic (exact) mass is 339 g/mol. The predicted molar refractivity (Wildman–Crippen MR) is 88.7 cm³/mol. The van der Waals surface area contributed by atoms with Crippen LogP contribution in [0.15, 0.2) is 12.1 Å². The molecule has 2 amide bonds. The molecule has 3 N–H and O–H groups in total. The van der Waals surface area contributed by atoms with Crippen molar-refractivity contribution in [1.82, 2.24) is 5.32 Å². The van der Waals surface area contributed by atoms with Crippen molar-refractivity contribution in [3.8, 4) is 0 Å². The highest BCUT2D eigenvalue weighted by Gasteiger charge is 2.22. The fraction of sp³-hybridized carbons (Fsp3) is 0.529. The van der Waals surface area contributed by atoms with Gasteiger partial charge in [0.1, 0.15) is 0 Å². The summed E-state index contributed by atoms with van der Waals surface area (Å²) in [5.74, 6) is -2.31. The third kappa shape index (κ3) is 4.91. The SMILES string of the molecule is CC(=O)Nc1cc(F)c(F)cc1NCC(=O)N[C@H]1CCCC[C@@H]1C. The van der Waals surface area contributed by atoms with Gasteiger partial charge < -0.3 is 16.0 Å². The molecule has 1 saturated carbocycles. The maximum Gasteiger partial charge on any atom is 0.239 e. The third-order valence-corrected chi connectivity index (χ3v) is 4.27. The molecule has 1 fully saturated rings. The van der Waals surface area contributed by atoms with Crippen LogP contribution in [0.4, 0.5) is 20.2 Å². The van der Waals surface area contributed by atoms with E-state index in [0.717, 1.165) is 31.4 Å². The zero-order valence-electron chi connectivity index (χ0n) is 13.9. The molecule has 2 atom stereocenters. The van der Waals surface area contributed by atoms with E-state index in [0.29, 0.717) is 5.92 Å². The fourth-order valence-corrected chi connectivity index (χ4v) is 2.95. The van der Waals surface area contributed by atoms with Crippen LogP contribution < -0.4 is 16.0 Å². The van der Waals surface area contributed by atoms with Crippen molar-refractivity contribution in [1.29, 1.82) is 0 Å². The first-order valence-electron chi connectivity index (χ1n) is 8.16. The molecule has 0 aliphatic heterocycles. The number of amides is 2. The first kappa shape index (κ1) is 18.2. The Hall–Kier alpha value is -2.18. The van der Waals surface area contributed by atoms with E-state index in [-0.39, 0.29) is 29.9 Å². The number of rotatable bonds is 5. The first-order valence-corrected chi connectivity index (χ1v) is 8.16. The topological polar surface area (TPSA) is 70.2 Å². The molecular formula is C17H23F2N3O2. The summed E-state index contributed by atoms with van der Waals surface area (Å²) in [7, 11) is 0. The molecule has 0 bridgehead atoms. The van der Waals surface area contributed by atoms with Crippen LogP contribution in [0.25, 0.3) is 0 Å². The fourth-order valence-electron chi connectivity index (χ4n) is 2.95. The van der Waals surface area contributed by atoms with E-state index in [2.05, 4.69) is 22.9 Å². The van der Waals surface area contributed by atoms with E-state index in [1.807, 2.05) is 0 Å². The van der Waals surface area contributed by atoms with Crippen LogP contribution in [0.5, 0.6) is 0 Å². The van der Waals surface area contributed by atoms with E-state index in [1.165, 1.54) is 13.3 Å². The lowest BCUT2D eigenvalue weighted by Crippen LogP contribution is -2.43. The number of halogens is 2. The molecule has 1 aromatic rings. The third-order valence-electron chi connectivity index (χ3n) is 4.27. The maximum absolute atomic E-state index is 13.4. The average molecular weight is 339 g/mol. The Kier molecular flexibility index (Phi) is 6.11. The second-order valence-electron chi connectivity index (χ2n) is 6.28. The summed E-state index contributed by atoms with van der Waals surface area (Å²) < 4.78 is 26.7. The standard InChI is InChI=1S/C17H23F2N3O2/c1-10-5-3-4-6-14(10)22-17(24)9-20-15-7-12(18)13(19)8-16(15)21-11(2)23/h7-8,10,14,20H,3-6,9H2,1-2H3,(H,21,23)(H,22,24)/t10-,14-/m0/s1. The van der Waals surface area contributed by atoms with Gasteiger partial charge in [-0.1, -0.05) is 19.8 Å². The number of nitrogens with one attached hydrogen (secondary N) is 3. The Morgan fingerprint density at radius 2 is 1.75 bits per heavy atom. The van der Waals surface area contributed by atoms with Crippen LogP contribution in [-0.2, 0) is 9.59 Å². The summed E-state index contributed by atoms with van der Waals surface area (Å²) in [4.78, 5) is 23.3. The number of carbonyl (C=O) groups excluding carboxylic acids is 2. The Morgan fingerprint density at radius 3 is 2.38 bits per heavy atom. The van der Waals surface area contributed by atoms with E-state index >= 15 is 0 Å². The zero-order chi connectivity index (χ0) is 17.7. The minimum absolute atomic E-state index is 0.0825. The Labute approximate surface area is 140 Å². The van der Waals surface area contributed by atoms with E-state index in [9.17, 15) is 18.4 Å². The second kappa shape index (κ2) is 8.08.